The molecule has 94 valence electrons. The molecule has 0 aromatic carbocycles. The predicted molar refractivity (Wildman–Crippen MR) is 68.7 cm³/mol. The van der Waals surface area contributed by atoms with E-state index in [0.29, 0.717) is 22.8 Å². The molecular formula is C12H7N3O3S. The number of hydrogen-bond acceptors (Lipinski definition) is 6. The first-order valence-electron chi connectivity index (χ1n) is 5.30. The molecule has 0 aliphatic rings. The van der Waals surface area contributed by atoms with Crippen LogP contribution in [0.3, 0.4) is 0 Å². The highest BCUT2D eigenvalue weighted by atomic mass is 32.1. The zero-order valence-corrected chi connectivity index (χ0v) is 10.3. The first kappa shape index (κ1) is 11.5. The lowest BCUT2D eigenvalue weighted by Crippen LogP contribution is -1.92. The topological polar surface area (TPSA) is 85.2 Å². The summed E-state index contributed by atoms with van der Waals surface area (Å²) in [6.45, 7) is 0. The van der Waals surface area contributed by atoms with E-state index in [-0.39, 0.29) is 4.88 Å². The van der Waals surface area contributed by atoms with Gasteiger partial charge in [-0.05, 0) is 6.07 Å². The Morgan fingerprint density at radius 1 is 1.26 bits per heavy atom. The van der Waals surface area contributed by atoms with E-state index in [1.165, 1.54) is 6.07 Å². The highest BCUT2D eigenvalue weighted by Gasteiger charge is 2.09. The smallest absolute Gasteiger partial charge is 0.346 e. The van der Waals surface area contributed by atoms with Crippen molar-refractivity contribution in [3.63, 3.8) is 0 Å². The van der Waals surface area contributed by atoms with E-state index in [1.54, 1.807) is 29.9 Å². The second kappa shape index (κ2) is 4.62. The van der Waals surface area contributed by atoms with Gasteiger partial charge in [0.05, 0.1) is 0 Å². The van der Waals surface area contributed by atoms with Crippen molar-refractivity contribution in [3.8, 4) is 11.6 Å². The molecule has 0 aliphatic heterocycles. The fraction of sp³-hybridized carbons (Fsp3) is 0. The van der Waals surface area contributed by atoms with Crippen LogP contribution in [0, 0.1) is 0 Å². The zero-order valence-electron chi connectivity index (χ0n) is 9.48. The van der Waals surface area contributed by atoms with Gasteiger partial charge in [-0.15, -0.1) is 11.3 Å². The monoisotopic (exact) mass is 273 g/mol. The molecule has 0 fully saturated rings. The van der Waals surface area contributed by atoms with Crippen molar-refractivity contribution in [1.29, 1.82) is 0 Å². The maximum Gasteiger partial charge on any atom is 0.346 e. The van der Waals surface area contributed by atoms with Gasteiger partial charge in [-0.2, -0.15) is 4.98 Å². The molecule has 3 aromatic rings. The number of hydrogen-bond donors (Lipinski definition) is 1. The third-order valence-electron chi connectivity index (χ3n) is 2.31. The van der Waals surface area contributed by atoms with Gasteiger partial charge in [0.15, 0.2) is 5.65 Å². The molecule has 0 saturated carbocycles. The number of rotatable bonds is 3. The Morgan fingerprint density at radius 2 is 2.11 bits per heavy atom. The van der Waals surface area contributed by atoms with Crippen molar-refractivity contribution in [3.05, 3.63) is 40.8 Å². The lowest BCUT2D eigenvalue weighted by atomic mass is 10.4. The fourth-order valence-electron chi connectivity index (χ4n) is 1.50. The molecule has 0 aliphatic carbocycles. The first-order chi connectivity index (χ1) is 9.22. The van der Waals surface area contributed by atoms with Crippen LogP contribution in [0.25, 0.3) is 11.2 Å². The Bertz CT molecular complexity index is 757. The normalized spacial score (nSPS) is 10.5. The Labute approximate surface area is 111 Å². The van der Waals surface area contributed by atoms with Gasteiger partial charge < -0.3 is 9.84 Å². The van der Waals surface area contributed by atoms with Gasteiger partial charge in [-0.25, -0.2) is 9.78 Å². The summed E-state index contributed by atoms with van der Waals surface area (Å²) >= 11 is 1.10. The van der Waals surface area contributed by atoms with E-state index in [0.717, 1.165) is 11.3 Å². The Morgan fingerprint density at radius 3 is 2.89 bits per heavy atom. The zero-order chi connectivity index (χ0) is 13.2. The average Bonchev–Trinajstić information content (AvgIpc) is 2.87. The minimum Gasteiger partial charge on any atom is -0.477 e. The molecule has 0 amide bonds. The second-order valence-electron chi connectivity index (χ2n) is 3.60. The standard InChI is InChI=1S/C12H7N3O3S/c16-12(17)9-5-7(6-19-9)18-10-2-1-8-11(15-10)14-4-3-13-8/h1-6H,(H,16,17). The van der Waals surface area contributed by atoms with Gasteiger partial charge in [0.25, 0.3) is 0 Å². The highest BCUT2D eigenvalue weighted by Crippen LogP contribution is 2.26. The average molecular weight is 273 g/mol. The molecule has 0 atom stereocenters. The molecule has 19 heavy (non-hydrogen) atoms. The number of carboxylic acid groups (broad SMARTS) is 1. The van der Waals surface area contributed by atoms with Gasteiger partial charge >= 0.3 is 5.97 Å². The molecule has 3 heterocycles. The summed E-state index contributed by atoms with van der Waals surface area (Å²) in [5.74, 6) is -0.182. The second-order valence-corrected chi connectivity index (χ2v) is 4.51. The number of nitrogens with zero attached hydrogens (tertiary/aromatic N) is 3. The van der Waals surface area contributed by atoms with Gasteiger partial charge in [-0.3, -0.25) is 4.98 Å². The molecule has 7 heteroatoms. The van der Waals surface area contributed by atoms with Gasteiger partial charge in [0, 0.05) is 29.9 Å². The van der Waals surface area contributed by atoms with Crippen molar-refractivity contribution in [1.82, 2.24) is 15.0 Å². The van der Waals surface area contributed by atoms with Crippen LogP contribution in [-0.4, -0.2) is 26.0 Å². The molecule has 3 aromatic heterocycles. The van der Waals surface area contributed by atoms with Crippen LogP contribution in [0.2, 0.25) is 0 Å². The predicted octanol–water partition coefficient (Wildman–Crippen LogP) is 2.58. The lowest BCUT2D eigenvalue weighted by Gasteiger charge is -2.02. The maximum atomic E-state index is 10.8. The van der Waals surface area contributed by atoms with E-state index in [9.17, 15) is 4.79 Å². The molecule has 3 rings (SSSR count). The molecule has 0 bridgehead atoms. The molecule has 0 unspecified atom stereocenters. The third kappa shape index (κ3) is 2.36. The van der Waals surface area contributed by atoms with Gasteiger partial charge in [0.2, 0.25) is 5.88 Å². The van der Waals surface area contributed by atoms with Crippen LogP contribution in [0.15, 0.2) is 36.0 Å². The maximum absolute atomic E-state index is 10.8. The van der Waals surface area contributed by atoms with Crippen LogP contribution >= 0.6 is 11.3 Å². The number of carbonyl (C=O) groups is 1. The minimum atomic E-state index is -0.975. The summed E-state index contributed by atoms with van der Waals surface area (Å²) in [6.07, 6.45) is 3.13. The van der Waals surface area contributed by atoms with E-state index in [4.69, 9.17) is 9.84 Å². The van der Waals surface area contributed by atoms with Crippen molar-refractivity contribution in [2.75, 3.05) is 0 Å². The third-order valence-corrected chi connectivity index (χ3v) is 3.21. The van der Waals surface area contributed by atoms with Crippen molar-refractivity contribution in [2.24, 2.45) is 0 Å². The first-order valence-corrected chi connectivity index (χ1v) is 6.18. The van der Waals surface area contributed by atoms with Gasteiger partial charge in [-0.1, -0.05) is 0 Å². The number of aromatic nitrogens is 3. The SMILES string of the molecule is O=C(O)c1cc(Oc2ccc3nccnc3n2)cs1. The largest absolute Gasteiger partial charge is 0.477 e. The van der Waals surface area contributed by atoms with Crippen LogP contribution in [0.4, 0.5) is 0 Å². The number of pyridine rings is 1. The van der Waals surface area contributed by atoms with E-state index in [1.807, 2.05) is 0 Å². The summed E-state index contributed by atoms with van der Waals surface area (Å²) in [6, 6.07) is 4.86. The molecule has 1 N–H and O–H groups in total. The fourth-order valence-corrected chi connectivity index (χ4v) is 2.14. The van der Waals surface area contributed by atoms with E-state index >= 15 is 0 Å². The summed E-state index contributed by atoms with van der Waals surface area (Å²) in [4.78, 5) is 23.3. The number of thiophene rings is 1. The van der Waals surface area contributed by atoms with Crippen molar-refractivity contribution in [2.45, 2.75) is 0 Å². The Balaban J connectivity index is 1.89. The molecular weight excluding hydrogens is 266 g/mol. The molecule has 0 saturated heterocycles. The number of ether oxygens (including phenoxy) is 1. The van der Waals surface area contributed by atoms with Crippen LogP contribution in [0.5, 0.6) is 11.6 Å². The van der Waals surface area contributed by atoms with Crippen LogP contribution in [-0.2, 0) is 0 Å². The molecule has 0 spiro atoms. The Kier molecular flexibility index (Phi) is 2.81. The van der Waals surface area contributed by atoms with Crippen LogP contribution in [0.1, 0.15) is 9.67 Å². The minimum absolute atomic E-state index is 0.218. The summed E-state index contributed by atoms with van der Waals surface area (Å²) in [5, 5.41) is 10.4. The number of fused-ring (bicyclic) bond motifs is 1. The quantitative estimate of drug-likeness (QED) is 0.789. The van der Waals surface area contributed by atoms with Crippen molar-refractivity contribution < 1.29 is 14.6 Å². The van der Waals surface area contributed by atoms with Crippen molar-refractivity contribution >= 4 is 28.5 Å². The van der Waals surface area contributed by atoms with Crippen LogP contribution < -0.4 is 4.74 Å². The number of carboxylic acids is 1. The molecule has 6 nitrogen and oxygen atoms in total. The van der Waals surface area contributed by atoms with Gasteiger partial charge in [0.1, 0.15) is 16.1 Å². The highest BCUT2D eigenvalue weighted by molar-refractivity contribution is 7.12. The lowest BCUT2D eigenvalue weighted by molar-refractivity contribution is 0.0702. The summed E-state index contributed by atoms with van der Waals surface area (Å²) in [7, 11) is 0. The molecule has 0 radical (unpaired) electrons. The Hall–Kier alpha value is -2.54. The van der Waals surface area contributed by atoms with E-state index in [2.05, 4.69) is 15.0 Å². The van der Waals surface area contributed by atoms with E-state index < -0.39 is 5.97 Å². The summed E-state index contributed by atoms with van der Waals surface area (Å²) in [5.41, 5.74) is 1.15. The summed E-state index contributed by atoms with van der Waals surface area (Å²) < 4.78 is 5.49. The number of aromatic carboxylic acids is 1.